The van der Waals surface area contributed by atoms with Crippen LogP contribution in [-0.4, -0.2) is 4.92 Å². The third-order valence-corrected chi connectivity index (χ3v) is 3.36. The van der Waals surface area contributed by atoms with Gasteiger partial charge in [-0.2, -0.15) is 0 Å². The molecule has 0 fully saturated rings. The molecule has 0 unspecified atom stereocenters. The van der Waals surface area contributed by atoms with Crippen LogP contribution < -0.4 is 0 Å². The standard InChI is InChI=1S/C11H14ClNO2/c1-6-7(2)9(4)11(13(14)15)10(5-12)8(6)3/h5H2,1-4H3. The fourth-order valence-corrected chi connectivity index (χ4v) is 2.11. The highest BCUT2D eigenvalue weighted by molar-refractivity contribution is 6.17. The number of halogens is 1. The van der Waals surface area contributed by atoms with Gasteiger partial charge in [-0.3, -0.25) is 10.1 Å². The molecule has 1 aromatic rings. The molecule has 4 heteroatoms. The molecule has 0 saturated heterocycles. The number of nitrogens with zero attached hydrogens (tertiary/aromatic N) is 1. The van der Waals surface area contributed by atoms with Crippen molar-refractivity contribution >= 4 is 17.3 Å². The lowest BCUT2D eigenvalue weighted by Gasteiger charge is -2.13. The first-order valence-corrected chi connectivity index (χ1v) is 5.24. The van der Waals surface area contributed by atoms with Crippen LogP contribution in [0.3, 0.4) is 0 Å². The van der Waals surface area contributed by atoms with E-state index in [2.05, 4.69) is 0 Å². The number of nitro benzene ring substituents is 1. The Labute approximate surface area is 94.2 Å². The Kier molecular flexibility index (Phi) is 3.35. The van der Waals surface area contributed by atoms with Gasteiger partial charge in [-0.05, 0) is 44.4 Å². The summed E-state index contributed by atoms with van der Waals surface area (Å²) in [6, 6.07) is 0. The van der Waals surface area contributed by atoms with Crippen LogP contribution in [-0.2, 0) is 5.88 Å². The van der Waals surface area contributed by atoms with Crippen molar-refractivity contribution in [3.63, 3.8) is 0 Å². The molecule has 0 amide bonds. The van der Waals surface area contributed by atoms with Crippen molar-refractivity contribution in [2.45, 2.75) is 33.6 Å². The molecule has 0 aliphatic heterocycles. The van der Waals surface area contributed by atoms with E-state index in [0.29, 0.717) is 5.56 Å². The third-order valence-electron chi connectivity index (χ3n) is 3.10. The smallest absolute Gasteiger partial charge is 0.258 e. The Hall–Kier alpha value is -1.09. The number of benzene rings is 1. The monoisotopic (exact) mass is 227 g/mol. The molecule has 0 heterocycles. The van der Waals surface area contributed by atoms with E-state index in [0.717, 1.165) is 22.3 Å². The average Bonchev–Trinajstić information content (AvgIpc) is 2.19. The van der Waals surface area contributed by atoms with Gasteiger partial charge in [-0.15, -0.1) is 11.6 Å². The molecule has 0 radical (unpaired) electrons. The Morgan fingerprint density at radius 3 is 1.93 bits per heavy atom. The Morgan fingerprint density at radius 2 is 1.53 bits per heavy atom. The second-order valence-corrected chi connectivity index (χ2v) is 3.99. The average molecular weight is 228 g/mol. The summed E-state index contributed by atoms with van der Waals surface area (Å²) >= 11 is 5.77. The van der Waals surface area contributed by atoms with Crippen LogP contribution >= 0.6 is 11.6 Å². The molecule has 3 nitrogen and oxygen atoms in total. The Balaban J connectivity index is 3.70. The molecule has 15 heavy (non-hydrogen) atoms. The zero-order valence-corrected chi connectivity index (χ0v) is 10.1. The van der Waals surface area contributed by atoms with Crippen LogP contribution in [0.1, 0.15) is 27.8 Å². The van der Waals surface area contributed by atoms with Gasteiger partial charge in [0, 0.05) is 11.1 Å². The Morgan fingerprint density at radius 1 is 1.07 bits per heavy atom. The van der Waals surface area contributed by atoms with Crippen LogP contribution in [0.15, 0.2) is 0 Å². The minimum Gasteiger partial charge on any atom is -0.258 e. The normalized spacial score (nSPS) is 10.5. The summed E-state index contributed by atoms with van der Waals surface area (Å²) in [4.78, 5) is 10.6. The lowest BCUT2D eigenvalue weighted by molar-refractivity contribution is -0.386. The van der Waals surface area contributed by atoms with Crippen LogP contribution in [0.4, 0.5) is 5.69 Å². The SMILES string of the molecule is Cc1c(C)c(C)c([N+](=O)[O-])c(CCl)c1C. The molecule has 0 aliphatic rings. The molecule has 0 spiro atoms. The van der Waals surface area contributed by atoms with Crippen molar-refractivity contribution < 1.29 is 4.92 Å². The topological polar surface area (TPSA) is 43.1 Å². The molecule has 1 rings (SSSR count). The van der Waals surface area contributed by atoms with E-state index in [1.165, 1.54) is 0 Å². The molecule has 0 aromatic heterocycles. The lowest BCUT2D eigenvalue weighted by atomic mass is 9.93. The first-order chi connectivity index (χ1) is 6.91. The second kappa shape index (κ2) is 4.19. The van der Waals surface area contributed by atoms with E-state index in [4.69, 9.17) is 11.6 Å². The minimum atomic E-state index is -0.341. The van der Waals surface area contributed by atoms with Gasteiger partial charge in [-0.25, -0.2) is 0 Å². The van der Waals surface area contributed by atoms with E-state index in [-0.39, 0.29) is 16.5 Å². The summed E-state index contributed by atoms with van der Waals surface area (Å²) in [7, 11) is 0. The summed E-state index contributed by atoms with van der Waals surface area (Å²) in [5.41, 5.74) is 4.54. The van der Waals surface area contributed by atoms with Crippen molar-refractivity contribution in [1.29, 1.82) is 0 Å². The summed E-state index contributed by atoms with van der Waals surface area (Å²) in [5.74, 6) is 0.185. The van der Waals surface area contributed by atoms with Crippen molar-refractivity contribution in [3.8, 4) is 0 Å². The van der Waals surface area contributed by atoms with E-state index >= 15 is 0 Å². The zero-order valence-electron chi connectivity index (χ0n) is 9.35. The van der Waals surface area contributed by atoms with Gasteiger partial charge in [0.25, 0.3) is 5.69 Å². The van der Waals surface area contributed by atoms with E-state index < -0.39 is 0 Å². The van der Waals surface area contributed by atoms with E-state index in [1.807, 2.05) is 20.8 Å². The molecule has 0 bridgehead atoms. The summed E-state index contributed by atoms with van der Waals surface area (Å²) in [5, 5.41) is 11.0. The van der Waals surface area contributed by atoms with Crippen LogP contribution in [0.2, 0.25) is 0 Å². The highest BCUT2D eigenvalue weighted by Crippen LogP contribution is 2.33. The second-order valence-electron chi connectivity index (χ2n) is 3.72. The van der Waals surface area contributed by atoms with Crippen molar-refractivity contribution in [3.05, 3.63) is 37.9 Å². The largest absolute Gasteiger partial charge is 0.277 e. The maximum atomic E-state index is 11.0. The van der Waals surface area contributed by atoms with Gasteiger partial charge in [0.05, 0.1) is 10.8 Å². The predicted molar refractivity (Wildman–Crippen MR) is 61.6 cm³/mol. The van der Waals surface area contributed by atoms with E-state index in [9.17, 15) is 10.1 Å². The highest BCUT2D eigenvalue weighted by atomic mass is 35.5. The van der Waals surface area contributed by atoms with Crippen LogP contribution in [0, 0.1) is 37.8 Å². The lowest BCUT2D eigenvalue weighted by Crippen LogP contribution is -2.04. The molecular weight excluding hydrogens is 214 g/mol. The van der Waals surface area contributed by atoms with Crippen molar-refractivity contribution in [2.75, 3.05) is 0 Å². The van der Waals surface area contributed by atoms with Gasteiger partial charge < -0.3 is 0 Å². The molecule has 0 aliphatic carbocycles. The predicted octanol–water partition coefficient (Wildman–Crippen LogP) is 3.57. The number of rotatable bonds is 2. The third kappa shape index (κ3) is 1.84. The van der Waals surface area contributed by atoms with Crippen LogP contribution in [0.25, 0.3) is 0 Å². The number of hydrogen-bond donors (Lipinski definition) is 0. The van der Waals surface area contributed by atoms with Gasteiger partial charge >= 0.3 is 0 Å². The fraction of sp³-hybridized carbons (Fsp3) is 0.455. The maximum Gasteiger partial charge on any atom is 0.277 e. The quantitative estimate of drug-likeness (QED) is 0.440. The molecule has 0 saturated carbocycles. The number of alkyl halides is 1. The first-order valence-electron chi connectivity index (χ1n) is 4.71. The number of nitro groups is 1. The van der Waals surface area contributed by atoms with Gasteiger partial charge in [-0.1, -0.05) is 0 Å². The van der Waals surface area contributed by atoms with Gasteiger partial charge in [0.1, 0.15) is 0 Å². The fourth-order valence-electron chi connectivity index (χ4n) is 1.78. The molecular formula is C11H14ClNO2. The molecule has 0 atom stereocenters. The molecule has 1 aromatic carbocycles. The zero-order chi connectivity index (χ0) is 11.7. The molecule has 0 N–H and O–H groups in total. The van der Waals surface area contributed by atoms with Crippen LogP contribution in [0.5, 0.6) is 0 Å². The summed E-state index contributed by atoms with van der Waals surface area (Å²) in [6.45, 7) is 7.53. The maximum absolute atomic E-state index is 11.0. The minimum absolute atomic E-state index is 0.172. The summed E-state index contributed by atoms with van der Waals surface area (Å²) < 4.78 is 0. The molecule has 82 valence electrons. The Bertz CT molecular complexity index is 427. The van der Waals surface area contributed by atoms with Gasteiger partial charge in [0.2, 0.25) is 0 Å². The van der Waals surface area contributed by atoms with Crippen molar-refractivity contribution in [2.24, 2.45) is 0 Å². The van der Waals surface area contributed by atoms with Gasteiger partial charge in [0.15, 0.2) is 0 Å². The summed E-state index contributed by atoms with van der Waals surface area (Å²) in [6.07, 6.45) is 0. The van der Waals surface area contributed by atoms with Crippen molar-refractivity contribution in [1.82, 2.24) is 0 Å². The number of hydrogen-bond acceptors (Lipinski definition) is 2. The first kappa shape index (κ1) is 12.0. The highest BCUT2D eigenvalue weighted by Gasteiger charge is 2.22. The van der Waals surface area contributed by atoms with E-state index in [1.54, 1.807) is 6.92 Å².